The predicted molar refractivity (Wildman–Crippen MR) is 43.7 cm³/mol. The van der Waals surface area contributed by atoms with Crippen LogP contribution in [-0.4, -0.2) is 24.3 Å². The van der Waals surface area contributed by atoms with E-state index in [1.165, 1.54) is 0 Å². The largest absolute Gasteiger partial charge is 0.432 e. The Kier molecular flexibility index (Phi) is 2.45. The number of nitrogens with zero attached hydrogens (tertiary/aromatic N) is 1. The minimum absolute atomic E-state index is 0.140. The molecule has 0 saturated carbocycles. The molecule has 0 aromatic rings. The fourth-order valence-electron chi connectivity index (χ4n) is 1.37. The van der Waals surface area contributed by atoms with Crippen molar-refractivity contribution in [3.05, 3.63) is 11.9 Å². The topological polar surface area (TPSA) is 15.3 Å². The van der Waals surface area contributed by atoms with Crippen LogP contribution in [0.25, 0.3) is 0 Å². The maximum Gasteiger partial charge on any atom is 0.432 e. The molecule has 13 heavy (non-hydrogen) atoms. The lowest BCUT2D eigenvalue weighted by molar-refractivity contribution is -0.0966. The molecule has 1 aliphatic rings. The van der Waals surface area contributed by atoms with Crippen LogP contribution in [0.15, 0.2) is 11.9 Å². The van der Waals surface area contributed by atoms with E-state index >= 15 is 0 Å². The zero-order valence-electron chi connectivity index (χ0n) is 7.81. The molecule has 0 fully saturated rings. The molecular formula is C8H13F3N2. The van der Waals surface area contributed by atoms with Crippen molar-refractivity contribution < 1.29 is 13.2 Å². The van der Waals surface area contributed by atoms with Gasteiger partial charge in [0.1, 0.15) is 11.9 Å². The van der Waals surface area contributed by atoms with E-state index in [0.29, 0.717) is 0 Å². The van der Waals surface area contributed by atoms with Crippen LogP contribution >= 0.6 is 0 Å². The molecule has 1 N–H and O–H groups in total. The summed E-state index contributed by atoms with van der Waals surface area (Å²) in [6.07, 6.45) is -3.42. The quantitative estimate of drug-likeness (QED) is 0.686. The molecule has 1 atom stereocenters. The van der Waals surface area contributed by atoms with Crippen LogP contribution in [0.4, 0.5) is 13.2 Å². The minimum atomic E-state index is -4.27. The highest BCUT2D eigenvalue weighted by Gasteiger charge is 2.40. The van der Waals surface area contributed by atoms with Gasteiger partial charge in [0.2, 0.25) is 0 Å². The SMILES string of the molecule is CC(C)C1NC(C(F)(F)F)=CN1C. The van der Waals surface area contributed by atoms with Gasteiger partial charge in [0, 0.05) is 13.2 Å². The molecule has 0 radical (unpaired) electrons. The van der Waals surface area contributed by atoms with Crippen molar-refractivity contribution in [1.82, 2.24) is 10.2 Å². The molecule has 0 spiro atoms. The van der Waals surface area contributed by atoms with Crippen molar-refractivity contribution in [1.29, 1.82) is 0 Å². The first kappa shape index (κ1) is 10.2. The van der Waals surface area contributed by atoms with Crippen LogP contribution in [0.3, 0.4) is 0 Å². The van der Waals surface area contributed by atoms with Gasteiger partial charge >= 0.3 is 6.18 Å². The molecule has 76 valence electrons. The molecule has 0 saturated heterocycles. The Hall–Kier alpha value is -0.870. The van der Waals surface area contributed by atoms with Crippen LogP contribution in [0, 0.1) is 5.92 Å². The number of halogens is 3. The highest BCUT2D eigenvalue weighted by molar-refractivity contribution is 5.13. The fraction of sp³-hybridized carbons (Fsp3) is 0.750. The van der Waals surface area contributed by atoms with Crippen molar-refractivity contribution in [3.8, 4) is 0 Å². The maximum atomic E-state index is 12.2. The Balaban J connectivity index is 2.71. The lowest BCUT2D eigenvalue weighted by atomic mass is 10.1. The van der Waals surface area contributed by atoms with Gasteiger partial charge in [-0.3, -0.25) is 0 Å². The van der Waals surface area contributed by atoms with Crippen LogP contribution in [0.5, 0.6) is 0 Å². The second-order valence-corrected chi connectivity index (χ2v) is 3.54. The molecule has 1 aliphatic heterocycles. The Morgan fingerprint density at radius 2 is 2.00 bits per heavy atom. The molecule has 0 aliphatic carbocycles. The molecule has 0 aromatic carbocycles. The van der Waals surface area contributed by atoms with E-state index in [0.717, 1.165) is 6.20 Å². The van der Waals surface area contributed by atoms with Crippen molar-refractivity contribution in [2.45, 2.75) is 26.2 Å². The minimum Gasteiger partial charge on any atom is -0.360 e. The molecule has 0 bridgehead atoms. The lowest BCUT2D eigenvalue weighted by Crippen LogP contribution is -2.40. The summed E-state index contributed by atoms with van der Waals surface area (Å²) >= 11 is 0. The second-order valence-electron chi connectivity index (χ2n) is 3.54. The van der Waals surface area contributed by atoms with Crippen molar-refractivity contribution in [2.75, 3.05) is 7.05 Å². The molecule has 0 aromatic heterocycles. The first-order valence-corrected chi connectivity index (χ1v) is 4.10. The van der Waals surface area contributed by atoms with Crippen molar-refractivity contribution in [2.24, 2.45) is 5.92 Å². The van der Waals surface area contributed by atoms with Crippen LogP contribution in [-0.2, 0) is 0 Å². The van der Waals surface area contributed by atoms with Crippen molar-refractivity contribution in [3.63, 3.8) is 0 Å². The van der Waals surface area contributed by atoms with Gasteiger partial charge in [-0.25, -0.2) is 0 Å². The van der Waals surface area contributed by atoms with E-state index in [4.69, 9.17) is 0 Å². The Morgan fingerprint density at radius 1 is 1.46 bits per heavy atom. The molecule has 5 heteroatoms. The summed E-state index contributed by atoms with van der Waals surface area (Å²) in [5.41, 5.74) is -0.659. The Bertz CT molecular complexity index is 220. The zero-order chi connectivity index (χ0) is 10.2. The van der Waals surface area contributed by atoms with E-state index in [9.17, 15) is 13.2 Å². The molecule has 1 heterocycles. The van der Waals surface area contributed by atoms with E-state index in [-0.39, 0.29) is 12.1 Å². The standard InChI is InChI=1S/C8H13F3N2/c1-5(2)7-12-6(4-13(7)3)8(9,10)11/h4-5,7,12H,1-3H3. The molecular weight excluding hydrogens is 181 g/mol. The van der Waals surface area contributed by atoms with Gasteiger partial charge in [-0.15, -0.1) is 0 Å². The monoisotopic (exact) mass is 194 g/mol. The Morgan fingerprint density at radius 3 is 2.23 bits per heavy atom. The lowest BCUT2D eigenvalue weighted by Gasteiger charge is -2.25. The Labute approximate surface area is 75.4 Å². The first-order valence-electron chi connectivity index (χ1n) is 4.10. The van der Waals surface area contributed by atoms with E-state index in [1.54, 1.807) is 11.9 Å². The van der Waals surface area contributed by atoms with Gasteiger partial charge in [-0.2, -0.15) is 13.2 Å². The third-order valence-corrected chi connectivity index (χ3v) is 2.01. The average molecular weight is 194 g/mol. The van der Waals surface area contributed by atoms with Gasteiger partial charge in [0.15, 0.2) is 0 Å². The molecule has 2 nitrogen and oxygen atoms in total. The number of nitrogens with one attached hydrogen (secondary N) is 1. The number of allylic oxidation sites excluding steroid dienone is 1. The van der Waals surface area contributed by atoms with Crippen LogP contribution in [0.2, 0.25) is 0 Å². The second kappa shape index (κ2) is 3.12. The predicted octanol–water partition coefficient (Wildman–Crippen LogP) is 1.91. The molecule has 1 unspecified atom stereocenters. The van der Waals surface area contributed by atoms with Crippen LogP contribution in [0.1, 0.15) is 13.8 Å². The van der Waals surface area contributed by atoms with Crippen molar-refractivity contribution >= 4 is 0 Å². The van der Waals surface area contributed by atoms with Crippen LogP contribution < -0.4 is 5.32 Å². The molecule has 0 amide bonds. The maximum absolute atomic E-state index is 12.2. The number of hydrogen-bond donors (Lipinski definition) is 1. The van der Waals surface area contributed by atoms with Gasteiger partial charge in [0.05, 0.1) is 0 Å². The van der Waals surface area contributed by atoms with E-state index in [1.807, 2.05) is 13.8 Å². The van der Waals surface area contributed by atoms with Gasteiger partial charge in [0.25, 0.3) is 0 Å². The third kappa shape index (κ3) is 2.08. The number of rotatable bonds is 1. The normalized spacial score (nSPS) is 23.5. The van der Waals surface area contributed by atoms with Gasteiger partial charge < -0.3 is 10.2 Å². The fourth-order valence-corrected chi connectivity index (χ4v) is 1.37. The summed E-state index contributed by atoms with van der Waals surface area (Å²) in [5, 5.41) is 2.44. The first-order chi connectivity index (χ1) is 5.82. The summed E-state index contributed by atoms with van der Waals surface area (Å²) in [6, 6.07) is 0. The summed E-state index contributed by atoms with van der Waals surface area (Å²) in [7, 11) is 1.64. The molecule has 1 rings (SSSR count). The van der Waals surface area contributed by atoms with Gasteiger partial charge in [-0.1, -0.05) is 13.8 Å². The average Bonchev–Trinajstić information content (AvgIpc) is 2.29. The summed E-state index contributed by atoms with van der Waals surface area (Å²) in [5.74, 6) is 0.140. The summed E-state index contributed by atoms with van der Waals surface area (Å²) in [4.78, 5) is 1.55. The number of alkyl halides is 3. The summed E-state index contributed by atoms with van der Waals surface area (Å²) in [6.45, 7) is 3.75. The van der Waals surface area contributed by atoms with E-state index < -0.39 is 11.9 Å². The van der Waals surface area contributed by atoms with E-state index in [2.05, 4.69) is 5.32 Å². The number of hydrogen-bond acceptors (Lipinski definition) is 2. The third-order valence-electron chi connectivity index (χ3n) is 2.01. The highest BCUT2D eigenvalue weighted by Crippen LogP contribution is 2.29. The van der Waals surface area contributed by atoms with Gasteiger partial charge in [-0.05, 0) is 5.92 Å². The zero-order valence-corrected chi connectivity index (χ0v) is 7.81. The smallest absolute Gasteiger partial charge is 0.360 e. The summed E-state index contributed by atoms with van der Waals surface area (Å²) < 4.78 is 36.6. The highest BCUT2D eigenvalue weighted by atomic mass is 19.4.